The molecule has 0 heterocycles. The van der Waals surface area contributed by atoms with E-state index in [1.165, 1.54) is 0 Å². The van der Waals surface area contributed by atoms with E-state index in [1.807, 2.05) is 69.3 Å². The number of hydrogen-bond acceptors (Lipinski definition) is 3. The lowest BCUT2D eigenvalue weighted by atomic mass is 10.1. The van der Waals surface area contributed by atoms with Crippen molar-refractivity contribution in [2.45, 2.75) is 32.1 Å². The Bertz CT molecular complexity index is 653. The molecular weight excluding hydrogens is 322 g/mol. The van der Waals surface area contributed by atoms with E-state index in [9.17, 15) is 4.21 Å². The van der Waals surface area contributed by atoms with E-state index < -0.39 is 11.0 Å². The van der Waals surface area contributed by atoms with Gasteiger partial charge < -0.3 is 9.47 Å². The van der Waals surface area contributed by atoms with Crippen LogP contribution in [0.15, 0.2) is 48.5 Å². The SMILES string of the molecule is COc1ccc(-c2ccc(OC(C)CNS(=O)C(C)C)cc2)cc1. The standard InChI is InChI=1S/C19H25NO3S/c1-14(2)24(21)20-13-15(3)23-19-11-7-17(8-12-19)16-5-9-18(22-4)10-6-16/h5-12,14-15,20H,13H2,1-4H3. The Kier molecular flexibility index (Phi) is 6.82. The van der Waals surface area contributed by atoms with Gasteiger partial charge in [0, 0.05) is 11.8 Å². The van der Waals surface area contributed by atoms with Crippen LogP contribution in [-0.2, 0) is 11.0 Å². The number of nitrogens with one attached hydrogen (secondary N) is 1. The average Bonchev–Trinajstić information content (AvgIpc) is 2.60. The molecule has 2 atom stereocenters. The second-order valence-corrected chi connectivity index (χ2v) is 7.70. The highest BCUT2D eigenvalue weighted by molar-refractivity contribution is 7.83. The molecule has 5 heteroatoms. The molecule has 0 saturated heterocycles. The summed E-state index contributed by atoms with van der Waals surface area (Å²) in [5, 5.41) is 0.0981. The van der Waals surface area contributed by atoms with Crippen LogP contribution in [0.2, 0.25) is 0 Å². The van der Waals surface area contributed by atoms with Crippen LogP contribution in [0.1, 0.15) is 20.8 Å². The Morgan fingerprint density at radius 2 is 1.42 bits per heavy atom. The van der Waals surface area contributed by atoms with E-state index in [4.69, 9.17) is 9.47 Å². The molecule has 0 spiro atoms. The summed E-state index contributed by atoms with van der Waals surface area (Å²) >= 11 is 0. The van der Waals surface area contributed by atoms with Crippen molar-refractivity contribution in [2.75, 3.05) is 13.7 Å². The van der Waals surface area contributed by atoms with Gasteiger partial charge in [-0.25, -0.2) is 8.93 Å². The Morgan fingerprint density at radius 1 is 0.917 bits per heavy atom. The zero-order valence-electron chi connectivity index (χ0n) is 14.6. The summed E-state index contributed by atoms with van der Waals surface area (Å²) in [7, 11) is 0.639. The maximum atomic E-state index is 11.7. The van der Waals surface area contributed by atoms with E-state index in [0.717, 1.165) is 22.6 Å². The molecule has 0 amide bonds. The Hall–Kier alpha value is -1.85. The molecule has 0 fully saturated rings. The van der Waals surface area contributed by atoms with E-state index >= 15 is 0 Å². The van der Waals surface area contributed by atoms with Gasteiger partial charge in [-0.2, -0.15) is 0 Å². The van der Waals surface area contributed by atoms with Crippen LogP contribution < -0.4 is 14.2 Å². The molecule has 2 aromatic rings. The molecule has 0 bridgehead atoms. The first-order valence-corrected chi connectivity index (χ1v) is 9.26. The van der Waals surface area contributed by atoms with Crippen LogP contribution >= 0.6 is 0 Å². The van der Waals surface area contributed by atoms with Crippen molar-refractivity contribution in [1.29, 1.82) is 0 Å². The summed E-state index contributed by atoms with van der Waals surface area (Å²) in [4.78, 5) is 0. The Morgan fingerprint density at radius 3 is 1.88 bits per heavy atom. The van der Waals surface area contributed by atoms with Gasteiger partial charge >= 0.3 is 0 Å². The summed E-state index contributed by atoms with van der Waals surface area (Å²) in [6.07, 6.45) is -0.0560. The fourth-order valence-electron chi connectivity index (χ4n) is 2.15. The monoisotopic (exact) mass is 347 g/mol. The lowest BCUT2D eigenvalue weighted by Crippen LogP contribution is -2.33. The zero-order chi connectivity index (χ0) is 17.5. The lowest BCUT2D eigenvalue weighted by Gasteiger charge is -2.16. The lowest BCUT2D eigenvalue weighted by molar-refractivity contribution is 0.225. The van der Waals surface area contributed by atoms with Crippen molar-refractivity contribution in [3.05, 3.63) is 48.5 Å². The number of ether oxygens (including phenoxy) is 2. The topological polar surface area (TPSA) is 47.6 Å². The van der Waals surface area contributed by atoms with Crippen LogP contribution in [0.5, 0.6) is 11.5 Å². The summed E-state index contributed by atoms with van der Waals surface area (Å²) < 4.78 is 25.7. The molecule has 24 heavy (non-hydrogen) atoms. The number of methoxy groups -OCH3 is 1. The van der Waals surface area contributed by atoms with Gasteiger partial charge in [-0.15, -0.1) is 0 Å². The molecule has 0 aliphatic heterocycles. The molecule has 0 aliphatic carbocycles. The first-order chi connectivity index (χ1) is 11.5. The van der Waals surface area contributed by atoms with Gasteiger partial charge in [-0.3, -0.25) is 0 Å². The Labute approximate surface area is 146 Å². The molecule has 2 aromatic carbocycles. The predicted molar refractivity (Wildman–Crippen MR) is 99.8 cm³/mol. The fourth-order valence-corrected chi connectivity index (χ4v) is 2.88. The highest BCUT2D eigenvalue weighted by atomic mass is 32.2. The van der Waals surface area contributed by atoms with Crippen molar-refractivity contribution >= 4 is 11.0 Å². The molecular formula is C19H25NO3S. The van der Waals surface area contributed by atoms with Crippen LogP contribution in [0, 0.1) is 0 Å². The molecule has 4 nitrogen and oxygen atoms in total. The van der Waals surface area contributed by atoms with Gasteiger partial charge in [0.05, 0.1) is 18.1 Å². The minimum Gasteiger partial charge on any atom is -0.497 e. The molecule has 130 valence electrons. The minimum absolute atomic E-state index is 0.0560. The minimum atomic E-state index is -1.02. The normalized spacial score (nSPS) is 13.5. The van der Waals surface area contributed by atoms with Crippen molar-refractivity contribution in [3.63, 3.8) is 0 Å². The van der Waals surface area contributed by atoms with E-state index in [-0.39, 0.29) is 11.4 Å². The van der Waals surface area contributed by atoms with E-state index in [1.54, 1.807) is 7.11 Å². The fraction of sp³-hybridized carbons (Fsp3) is 0.368. The second-order valence-electron chi connectivity index (χ2n) is 5.88. The Balaban J connectivity index is 1.92. The molecule has 0 saturated carbocycles. The van der Waals surface area contributed by atoms with Crippen molar-refractivity contribution < 1.29 is 13.7 Å². The van der Waals surface area contributed by atoms with Crippen molar-refractivity contribution in [1.82, 2.24) is 4.72 Å². The first-order valence-electron chi connectivity index (χ1n) is 8.05. The highest BCUT2D eigenvalue weighted by Gasteiger charge is 2.09. The third-order valence-electron chi connectivity index (χ3n) is 3.56. The third kappa shape index (κ3) is 5.35. The van der Waals surface area contributed by atoms with Gasteiger partial charge in [-0.1, -0.05) is 24.3 Å². The van der Waals surface area contributed by atoms with Crippen molar-refractivity contribution in [3.8, 4) is 22.6 Å². The number of benzene rings is 2. The summed E-state index contributed by atoms with van der Waals surface area (Å²) in [6, 6.07) is 15.9. The van der Waals surface area contributed by atoms with Crippen LogP contribution in [-0.4, -0.2) is 29.2 Å². The summed E-state index contributed by atoms with van der Waals surface area (Å²) in [5.41, 5.74) is 2.25. The summed E-state index contributed by atoms with van der Waals surface area (Å²) in [5.74, 6) is 1.65. The van der Waals surface area contributed by atoms with Gasteiger partial charge in [0.2, 0.25) is 0 Å². The molecule has 0 aliphatic rings. The molecule has 1 N–H and O–H groups in total. The van der Waals surface area contributed by atoms with Crippen molar-refractivity contribution in [2.24, 2.45) is 0 Å². The van der Waals surface area contributed by atoms with E-state index in [0.29, 0.717) is 6.54 Å². The summed E-state index contributed by atoms with van der Waals surface area (Å²) in [6.45, 7) is 6.35. The van der Waals surface area contributed by atoms with Gasteiger partial charge in [0.1, 0.15) is 17.6 Å². The highest BCUT2D eigenvalue weighted by Crippen LogP contribution is 2.24. The van der Waals surface area contributed by atoms with Crippen LogP contribution in [0.3, 0.4) is 0 Å². The molecule has 0 aromatic heterocycles. The maximum Gasteiger partial charge on any atom is 0.119 e. The number of rotatable bonds is 8. The smallest absolute Gasteiger partial charge is 0.119 e. The molecule has 2 rings (SSSR count). The predicted octanol–water partition coefficient (Wildman–Crippen LogP) is 3.79. The van der Waals surface area contributed by atoms with Crippen LogP contribution in [0.4, 0.5) is 0 Å². The van der Waals surface area contributed by atoms with Gasteiger partial charge in [0.15, 0.2) is 0 Å². The van der Waals surface area contributed by atoms with Crippen LogP contribution in [0.25, 0.3) is 11.1 Å². The quantitative estimate of drug-likeness (QED) is 0.790. The average molecular weight is 347 g/mol. The van der Waals surface area contributed by atoms with E-state index in [2.05, 4.69) is 4.72 Å². The van der Waals surface area contributed by atoms with Gasteiger partial charge in [0.25, 0.3) is 0 Å². The largest absolute Gasteiger partial charge is 0.497 e. The zero-order valence-corrected chi connectivity index (χ0v) is 15.4. The second kappa shape index (κ2) is 8.85. The molecule has 0 radical (unpaired) electrons. The maximum absolute atomic E-state index is 11.7. The van der Waals surface area contributed by atoms with Gasteiger partial charge in [-0.05, 0) is 56.2 Å². The third-order valence-corrected chi connectivity index (χ3v) is 4.86. The first kappa shape index (κ1) is 18.5. The molecule has 2 unspecified atom stereocenters. The number of hydrogen-bond donors (Lipinski definition) is 1.